The molecule has 0 aliphatic carbocycles. The Kier molecular flexibility index (Phi) is 7.64. The van der Waals surface area contributed by atoms with Crippen LogP contribution in [0.2, 0.25) is 0 Å². The summed E-state index contributed by atoms with van der Waals surface area (Å²) in [6.07, 6.45) is 0.852. The number of rotatable bonds is 7. The molecule has 0 spiro atoms. The van der Waals surface area contributed by atoms with Gasteiger partial charge in [-0.05, 0) is 0 Å². The molecule has 14 heavy (non-hydrogen) atoms. The molecule has 0 saturated heterocycles. The molecule has 0 bridgehead atoms. The standard InChI is InChI=1S/C8H15N3O3/c1-13-5-3-11(4-6-14-2)8(12)7-10-9/h7H,3-6H2,1-2H3. The average molecular weight is 201 g/mol. The molecule has 0 rings (SSSR count). The lowest BCUT2D eigenvalue weighted by molar-refractivity contribution is -0.128. The molecule has 0 aromatic rings. The summed E-state index contributed by atoms with van der Waals surface area (Å²) in [6, 6.07) is 0. The average Bonchev–Trinajstić information content (AvgIpc) is 2.18. The smallest absolute Gasteiger partial charge is 0.344 e. The third kappa shape index (κ3) is 5.42. The van der Waals surface area contributed by atoms with Crippen molar-refractivity contribution in [3.63, 3.8) is 0 Å². The van der Waals surface area contributed by atoms with Crippen LogP contribution in [0.15, 0.2) is 0 Å². The summed E-state index contributed by atoms with van der Waals surface area (Å²) in [4.78, 5) is 15.4. The fourth-order valence-electron chi connectivity index (χ4n) is 0.866. The Morgan fingerprint density at radius 1 is 1.36 bits per heavy atom. The van der Waals surface area contributed by atoms with Crippen LogP contribution in [0.25, 0.3) is 5.53 Å². The Bertz CT molecular complexity index is 206. The Morgan fingerprint density at radius 2 is 1.86 bits per heavy atom. The zero-order valence-electron chi connectivity index (χ0n) is 8.47. The van der Waals surface area contributed by atoms with Crippen molar-refractivity contribution in [2.45, 2.75) is 0 Å². The first-order chi connectivity index (χ1) is 6.76. The van der Waals surface area contributed by atoms with Crippen LogP contribution in [0.3, 0.4) is 0 Å². The maximum atomic E-state index is 11.3. The fraction of sp³-hybridized carbons (Fsp3) is 0.750. The summed E-state index contributed by atoms with van der Waals surface area (Å²) in [5.41, 5.74) is 8.20. The van der Waals surface area contributed by atoms with E-state index < -0.39 is 0 Å². The molecule has 0 aromatic carbocycles. The molecule has 6 heteroatoms. The lowest BCUT2D eigenvalue weighted by atomic mass is 10.4. The Morgan fingerprint density at radius 3 is 2.21 bits per heavy atom. The Balaban J connectivity index is 4.07. The van der Waals surface area contributed by atoms with Crippen LogP contribution in [0.4, 0.5) is 0 Å². The molecule has 6 nitrogen and oxygen atoms in total. The first-order valence-corrected chi connectivity index (χ1v) is 4.20. The van der Waals surface area contributed by atoms with Gasteiger partial charge in [0.15, 0.2) is 0 Å². The van der Waals surface area contributed by atoms with Crippen molar-refractivity contribution in [1.29, 1.82) is 0 Å². The van der Waals surface area contributed by atoms with Crippen molar-refractivity contribution in [2.24, 2.45) is 0 Å². The molecule has 0 unspecified atom stereocenters. The molecule has 80 valence electrons. The van der Waals surface area contributed by atoms with Crippen molar-refractivity contribution in [3.05, 3.63) is 5.53 Å². The van der Waals surface area contributed by atoms with Gasteiger partial charge in [0.25, 0.3) is 0 Å². The number of ether oxygens (including phenoxy) is 2. The van der Waals surface area contributed by atoms with Crippen molar-refractivity contribution >= 4 is 12.1 Å². The topological polar surface area (TPSA) is 75.2 Å². The quantitative estimate of drug-likeness (QED) is 0.314. The number of methoxy groups -OCH3 is 2. The molecular weight excluding hydrogens is 186 g/mol. The molecular formula is C8H15N3O3. The van der Waals surface area contributed by atoms with Gasteiger partial charge in [-0.2, -0.15) is 4.79 Å². The lowest BCUT2D eigenvalue weighted by Crippen LogP contribution is -2.37. The number of carbonyl (C=O) groups excluding carboxylic acids is 1. The highest BCUT2D eigenvalue weighted by molar-refractivity contribution is 6.23. The van der Waals surface area contributed by atoms with Gasteiger partial charge in [0.2, 0.25) is 0 Å². The van der Waals surface area contributed by atoms with Crippen LogP contribution < -0.4 is 0 Å². The molecule has 0 saturated carbocycles. The largest absolute Gasteiger partial charge is 0.383 e. The van der Waals surface area contributed by atoms with Crippen molar-refractivity contribution < 1.29 is 19.1 Å². The van der Waals surface area contributed by atoms with E-state index in [1.807, 2.05) is 0 Å². The SMILES string of the molecule is COCCN(CCOC)C(=O)C=[N+]=[N-]. The van der Waals surface area contributed by atoms with Gasteiger partial charge in [-0.15, -0.1) is 0 Å². The number of carbonyl (C=O) groups is 1. The molecule has 0 aromatic heterocycles. The van der Waals surface area contributed by atoms with Crippen LogP contribution in [-0.2, 0) is 14.3 Å². The molecule has 0 fully saturated rings. The van der Waals surface area contributed by atoms with Crippen molar-refractivity contribution in [1.82, 2.24) is 4.90 Å². The first-order valence-electron chi connectivity index (χ1n) is 4.20. The van der Waals surface area contributed by atoms with Gasteiger partial charge in [0.1, 0.15) is 0 Å². The highest BCUT2D eigenvalue weighted by atomic mass is 16.5. The van der Waals surface area contributed by atoms with Gasteiger partial charge in [0, 0.05) is 27.3 Å². The summed E-state index contributed by atoms with van der Waals surface area (Å²) in [5, 5.41) is 0. The molecule has 0 radical (unpaired) electrons. The van der Waals surface area contributed by atoms with E-state index in [0.717, 1.165) is 6.21 Å². The van der Waals surface area contributed by atoms with E-state index >= 15 is 0 Å². The number of amides is 1. The Hall–Kier alpha value is -1.23. The molecule has 0 aliphatic heterocycles. The van der Waals surface area contributed by atoms with E-state index in [0.29, 0.717) is 26.3 Å². The summed E-state index contributed by atoms with van der Waals surface area (Å²) in [6.45, 7) is 1.78. The monoisotopic (exact) mass is 201 g/mol. The van der Waals surface area contributed by atoms with E-state index in [-0.39, 0.29) is 5.91 Å². The minimum absolute atomic E-state index is 0.360. The highest BCUT2D eigenvalue weighted by Crippen LogP contribution is 1.88. The molecule has 0 aliphatic rings. The number of nitrogens with zero attached hydrogens (tertiary/aromatic N) is 3. The minimum atomic E-state index is -0.360. The summed E-state index contributed by atoms with van der Waals surface area (Å²) < 4.78 is 9.68. The minimum Gasteiger partial charge on any atom is -0.383 e. The lowest BCUT2D eigenvalue weighted by Gasteiger charge is -2.17. The van der Waals surface area contributed by atoms with E-state index in [1.54, 1.807) is 14.2 Å². The number of hydrogen-bond donors (Lipinski definition) is 0. The third-order valence-corrected chi connectivity index (χ3v) is 1.61. The first kappa shape index (κ1) is 12.8. The van der Waals surface area contributed by atoms with Crippen LogP contribution in [0.5, 0.6) is 0 Å². The summed E-state index contributed by atoms with van der Waals surface area (Å²) in [5.74, 6) is -0.360. The summed E-state index contributed by atoms with van der Waals surface area (Å²) >= 11 is 0. The second kappa shape index (κ2) is 8.37. The fourth-order valence-corrected chi connectivity index (χ4v) is 0.866. The molecule has 0 heterocycles. The molecule has 0 atom stereocenters. The van der Waals surface area contributed by atoms with E-state index in [9.17, 15) is 4.79 Å². The van der Waals surface area contributed by atoms with Gasteiger partial charge in [-0.3, -0.25) is 4.79 Å². The molecule has 1 amide bonds. The summed E-state index contributed by atoms with van der Waals surface area (Å²) in [7, 11) is 3.11. The van der Waals surface area contributed by atoms with Crippen LogP contribution in [0.1, 0.15) is 0 Å². The molecule has 0 N–H and O–H groups in total. The highest BCUT2D eigenvalue weighted by Gasteiger charge is 2.13. The second-order valence-electron chi connectivity index (χ2n) is 2.56. The van der Waals surface area contributed by atoms with Gasteiger partial charge in [-0.1, -0.05) is 0 Å². The predicted molar refractivity (Wildman–Crippen MR) is 50.0 cm³/mol. The Labute approximate surface area is 83.0 Å². The van der Waals surface area contributed by atoms with Crippen LogP contribution in [-0.4, -0.2) is 62.3 Å². The van der Waals surface area contributed by atoms with Crippen LogP contribution >= 0.6 is 0 Å². The van der Waals surface area contributed by atoms with Crippen molar-refractivity contribution in [3.8, 4) is 0 Å². The van der Waals surface area contributed by atoms with E-state index in [2.05, 4.69) is 4.79 Å². The zero-order valence-corrected chi connectivity index (χ0v) is 8.47. The van der Waals surface area contributed by atoms with Gasteiger partial charge in [0.05, 0.1) is 13.2 Å². The van der Waals surface area contributed by atoms with Crippen LogP contribution in [0, 0.1) is 0 Å². The predicted octanol–water partition coefficient (Wildman–Crippen LogP) is -0.592. The number of hydrogen-bond acceptors (Lipinski definition) is 3. The van der Waals surface area contributed by atoms with Gasteiger partial charge in [-0.25, -0.2) is 0 Å². The van der Waals surface area contributed by atoms with E-state index in [4.69, 9.17) is 15.0 Å². The maximum Gasteiger partial charge on any atom is 0.344 e. The van der Waals surface area contributed by atoms with E-state index in [1.165, 1.54) is 4.90 Å². The normalized spacial score (nSPS) is 9.29. The van der Waals surface area contributed by atoms with Gasteiger partial charge >= 0.3 is 12.1 Å². The van der Waals surface area contributed by atoms with Gasteiger partial charge < -0.3 is 19.9 Å². The van der Waals surface area contributed by atoms with Crippen molar-refractivity contribution in [2.75, 3.05) is 40.5 Å². The zero-order chi connectivity index (χ0) is 10.8. The third-order valence-electron chi connectivity index (χ3n) is 1.61. The maximum absolute atomic E-state index is 11.3. The second-order valence-corrected chi connectivity index (χ2v) is 2.56.